The number of nitrogens with two attached hydrogens (primary N) is 2. The van der Waals surface area contributed by atoms with E-state index < -0.39 is 11.5 Å². The van der Waals surface area contributed by atoms with Crippen LogP contribution in [-0.2, 0) is 13.2 Å². The van der Waals surface area contributed by atoms with Crippen LogP contribution in [0.25, 0.3) is 28.0 Å². The van der Waals surface area contributed by atoms with Crippen LogP contribution in [0.3, 0.4) is 0 Å². The van der Waals surface area contributed by atoms with Crippen LogP contribution >= 0.6 is 0 Å². The van der Waals surface area contributed by atoms with Gasteiger partial charge in [-0.3, -0.25) is 4.98 Å². The van der Waals surface area contributed by atoms with Gasteiger partial charge in [-0.05, 0) is 42.3 Å². The van der Waals surface area contributed by atoms with E-state index in [4.69, 9.17) is 16.5 Å². The smallest absolute Gasteiger partial charge is 0.353 e. The minimum atomic E-state index is -0.645. The van der Waals surface area contributed by atoms with Gasteiger partial charge in [-0.2, -0.15) is 0 Å². The molecule has 0 aliphatic rings. The van der Waals surface area contributed by atoms with Crippen LogP contribution in [-0.4, -0.2) is 73.5 Å². The van der Waals surface area contributed by atoms with Crippen molar-refractivity contribution in [3.05, 3.63) is 57.6 Å². The molecule has 0 saturated carbocycles. The van der Waals surface area contributed by atoms with E-state index in [0.717, 1.165) is 27.4 Å². The van der Waals surface area contributed by atoms with Crippen LogP contribution in [0.4, 0.5) is 16.2 Å². The Morgan fingerprint density at radius 2 is 1.55 bits per heavy atom. The zero-order chi connectivity index (χ0) is 29.0. The number of halogens is 1. The summed E-state index contributed by atoms with van der Waals surface area (Å²) >= 11 is 0. The van der Waals surface area contributed by atoms with Crippen molar-refractivity contribution in [1.29, 1.82) is 0 Å². The highest BCUT2D eigenvalue weighted by Crippen LogP contribution is 2.33. The molecule has 0 saturated heterocycles. The molecule has 0 radical (unpaired) electrons. The average molecular weight is 532 g/mol. The van der Waals surface area contributed by atoms with Crippen LogP contribution in [0.15, 0.2) is 29.1 Å². The second kappa shape index (κ2) is 10.0. The second-order valence-electron chi connectivity index (χ2n) is 10.1. The molecule has 0 spiro atoms. The van der Waals surface area contributed by atoms with Crippen molar-refractivity contribution in [2.75, 3.05) is 11.5 Å². The zero-order valence-corrected chi connectivity index (χ0v) is 23.3. The maximum atomic E-state index is 13.7. The van der Waals surface area contributed by atoms with Gasteiger partial charge in [-0.1, -0.05) is 10.9 Å². The van der Waals surface area contributed by atoms with Crippen molar-refractivity contribution in [2.45, 2.75) is 20.1 Å². The number of hydrogen-bond donors (Lipinski definition) is 3. The third-order valence-corrected chi connectivity index (χ3v) is 7.69. The first-order valence-corrected chi connectivity index (χ1v) is 12.8. The summed E-state index contributed by atoms with van der Waals surface area (Å²) in [7, 11) is 10.3. The molecule has 196 valence electrons. The number of hydrogen-bond acceptors (Lipinski definition) is 8. The summed E-state index contributed by atoms with van der Waals surface area (Å²) in [5.74, 6) is -0.939. The lowest BCUT2D eigenvalue weighted by atomic mass is 9.60. The van der Waals surface area contributed by atoms with Crippen molar-refractivity contribution in [1.82, 2.24) is 29.1 Å². The molecule has 0 aliphatic heterocycles. The molecule has 40 heavy (non-hydrogen) atoms. The second-order valence-corrected chi connectivity index (χ2v) is 10.1. The number of aliphatic hydroxyl groups is 1. The Morgan fingerprint density at radius 3 is 2.17 bits per heavy atom. The van der Waals surface area contributed by atoms with Gasteiger partial charge in [0.2, 0.25) is 5.95 Å². The molecule has 0 amide bonds. The van der Waals surface area contributed by atoms with E-state index >= 15 is 0 Å². The molecule has 0 aliphatic carbocycles. The lowest BCUT2D eigenvalue weighted by Gasteiger charge is -2.22. The van der Waals surface area contributed by atoms with Gasteiger partial charge in [-0.15, -0.1) is 21.5 Å². The average Bonchev–Trinajstić information content (AvgIpc) is 3.24. The third-order valence-electron chi connectivity index (χ3n) is 7.69. The van der Waals surface area contributed by atoms with Crippen LogP contribution in [0.2, 0.25) is 0 Å². The maximum absolute atomic E-state index is 13.7. The summed E-state index contributed by atoms with van der Waals surface area (Å²) < 4.78 is 16.2. The van der Waals surface area contributed by atoms with E-state index in [1.807, 2.05) is 28.7 Å². The van der Waals surface area contributed by atoms with E-state index in [-0.39, 0.29) is 30.6 Å². The van der Waals surface area contributed by atoms with Gasteiger partial charge in [0, 0.05) is 5.69 Å². The Hall–Kier alpha value is -4.32. The number of rotatable bonds is 5. The van der Waals surface area contributed by atoms with Crippen molar-refractivity contribution in [3.63, 3.8) is 0 Å². The molecule has 0 fully saturated rings. The first-order chi connectivity index (χ1) is 18.9. The predicted molar refractivity (Wildman–Crippen MR) is 170 cm³/mol. The van der Waals surface area contributed by atoms with E-state index in [9.17, 15) is 14.3 Å². The molecule has 4 heterocycles. The molecule has 5 aromatic rings. The van der Waals surface area contributed by atoms with Crippen LogP contribution in [0.5, 0.6) is 0 Å². The van der Waals surface area contributed by atoms with Crippen LogP contribution in [0, 0.1) is 12.7 Å². The fourth-order valence-corrected chi connectivity index (χ4v) is 5.21. The molecular weight excluding hydrogens is 505 g/mol. The molecule has 0 unspecified atom stereocenters. The molecule has 16 heteroatoms. The van der Waals surface area contributed by atoms with Gasteiger partial charge < -0.3 is 16.6 Å². The lowest BCUT2D eigenvalue weighted by molar-refractivity contribution is 0.276. The van der Waals surface area contributed by atoms with E-state index in [1.54, 1.807) is 6.07 Å². The monoisotopic (exact) mass is 532 g/mol. The summed E-state index contributed by atoms with van der Waals surface area (Å²) in [5, 5.41) is 14.6. The first-order valence-electron chi connectivity index (χ1n) is 12.8. The normalized spacial score (nSPS) is 11.4. The van der Waals surface area contributed by atoms with Gasteiger partial charge in [0.25, 0.3) is 0 Å². The molecule has 0 bridgehead atoms. The summed E-state index contributed by atoms with van der Waals surface area (Å²) in [6.45, 7) is 1.51. The number of benzene rings is 1. The van der Waals surface area contributed by atoms with Crippen LogP contribution < -0.4 is 44.5 Å². The first kappa shape index (κ1) is 27.3. The molecule has 1 aromatic carbocycles. The third kappa shape index (κ3) is 4.38. The highest BCUT2D eigenvalue weighted by Gasteiger charge is 2.25. The summed E-state index contributed by atoms with van der Waals surface area (Å²) in [6.07, 6.45) is 0. The summed E-state index contributed by atoms with van der Waals surface area (Å²) in [4.78, 5) is 26.8. The number of nitrogens with zero attached hydrogens (tertiary/aromatic N) is 6. The number of anilines is 2. The molecule has 0 atom stereocenters. The number of aromatic nitrogens is 6. The quantitative estimate of drug-likeness (QED) is 0.190. The van der Waals surface area contributed by atoms with E-state index in [1.165, 1.54) is 26.7 Å². The molecule has 10 nitrogen and oxygen atoms in total. The van der Waals surface area contributed by atoms with Gasteiger partial charge >= 0.3 is 5.69 Å². The van der Waals surface area contributed by atoms with Gasteiger partial charge in [-0.25, -0.2) is 28.2 Å². The van der Waals surface area contributed by atoms with E-state index in [2.05, 4.69) is 38.6 Å². The van der Waals surface area contributed by atoms with Crippen molar-refractivity contribution in [3.8, 4) is 22.4 Å². The molecule has 5 rings (SSSR count). The minimum Gasteiger partial charge on any atom is -0.390 e. The minimum absolute atomic E-state index is 0.0283. The highest BCUT2D eigenvalue weighted by molar-refractivity contribution is 6.68. The fraction of sp³-hybridized carbons (Fsp3) is 0.125. The Kier molecular flexibility index (Phi) is 6.83. The fourth-order valence-electron chi connectivity index (χ4n) is 5.21. The number of nitrogen functional groups attached to an aromatic ring is 2. The van der Waals surface area contributed by atoms with Crippen molar-refractivity contribution >= 4 is 84.0 Å². The Balaban J connectivity index is 1.89. The topological polar surface area (TPSA) is 150 Å². The zero-order valence-electron chi connectivity index (χ0n) is 23.3. The largest absolute Gasteiger partial charge is 0.390 e. The number of aryl methyl sites for hydroxylation is 1. The Labute approximate surface area is 234 Å². The molecule has 4 aromatic heterocycles. The predicted octanol–water partition coefficient (Wildman–Crippen LogP) is -6.54. The number of aliphatic hydroxyl groups excluding tert-OH is 1. The Bertz CT molecular complexity index is 1880. The maximum Gasteiger partial charge on any atom is 0.353 e. The molecular formula is C24H26B5FN8O2. The number of pyridine rings is 2. The summed E-state index contributed by atoms with van der Waals surface area (Å²) in [6, 6.07) is 6.26. The highest BCUT2D eigenvalue weighted by atomic mass is 19.1. The molecule has 5 N–H and O–H groups in total. The van der Waals surface area contributed by atoms with Crippen molar-refractivity contribution in [2.24, 2.45) is 0 Å². The van der Waals surface area contributed by atoms with Gasteiger partial charge in [0.15, 0.2) is 17.3 Å². The van der Waals surface area contributed by atoms with Crippen molar-refractivity contribution < 1.29 is 9.50 Å². The van der Waals surface area contributed by atoms with Gasteiger partial charge in [0.05, 0.1) is 35.8 Å². The standard InChI is InChI=1S/C24H26B5FN8O2/c1-8-4-9(5-11(7-39)33-8)13-20(14-15(25)17(27)19(29)18(28)16(14)26)35-23(32)38-22(13)36-37(24(38)40)6-10-2-3-12(30)21(31)34-10/h2-5,39H,6-7,25-29H2,1H3,(H2,31,34)(H2,32,35). The van der Waals surface area contributed by atoms with Crippen LogP contribution in [0.1, 0.15) is 17.1 Å². The SMILES string of the molecule is Bc1c(B)c(B)c(-c2nc(N)n3c(=O)n(Cc4ccc(F)c(N)n4)nc3c2-c2cc(C)nc(CO)c2)c(B)c1B. The number of fused-ring (bicyclic) bond motifs is 1. The summed E-state index contributed by atoms with van der Waals surface area (Å²) in [5.41, 5.74) is 21.6. The lowest BCUT2D eigenvalue weighted by Crippen LogP contribution is -2.55. The Morgan fingerprint density at radius 1 is 0.900 bits per heavy atom. The van der Waals surface area contributed by atoms with E-state index in [0.29, 0.717) is 33.9 Å². The van der Waals surface area contributed by atoms with Gasteiger partial charge in [0.1, 0.15) is 39.2 Å².